The van der Waals surface area contributed by atoms with E-state index < -0.39 is 0 Å². The van der Waals surface area contributed by atoms with Crippen LogP contribution in [-0.4, -0.2) is 23.3 Å². The van der Waals surface area contributed by atoms with Gasteiger partial charge >= 0.3 is 0 Å². The van der Waals surface area contributed by atoms with E-state index in [1.54, 1.807) is 12.3 Å². The molecule has 4 nitrogen and oxygen atoms in total. The van der Waals surface area contributed by atoms with Crippen LogP contribution < -0.4 is 10.5 Å². The lowest BCUT2D eigenvalue weighted by Crippen LogP contribution is -2.27. The lowest BCUT2D eigenvalue weighted by molar-refractivity contribution is 0.675. The van der Waals surface area contributed by atoms with Gasteiger partial charge in [-0.3, -0.25) is 4.79 Å². The second-order valence-corrected chi connectivity index (χ2v) is 4.00. The molecule has 1 N–H and O–H groups in total. The van der Waals surface area contributed by atoms with Gasteiger partial charge in [-0.15, -0.1) is 0 Å². The molecular formula is C12H21N3O. The van der Waals surface area contributed by atoms with Crippen molar-refractivity contribution in [2.45, 2.75) is 39.5 Å². The second-order valence-electron chi connectivity index (χ2n) is 4.00. The molecule has 0 aromatic carbocycles. The molecule has 16 heavy (non-hydrogen) atoms. The van der Waals surface area contributed by atoms with E-state index >= 15 is 0 Å². The van der Waals surface area contributed by atoms with Crippen LogP contribution in [-0.2, 0) is 0 Å². The van der Waals surface area contributed by atoms with E-state index in [9.17, 15) is 4.79 Å². The quantitative estimate of drug-likeness (QED) is 0.770. The maximum absolute atomic E-state index is 11.2. The van der Waals surface area contributed by atoms with Crippen molar-refractivity contribution in [3.05, 3.63) is 22.6 Å². The van der Waals surface area contributed by atoms with Gasteiger partial charge in [-0.25, -0.2) is 5.10 Å². The van der Waals surface area contributed by atoms with Crippen LogP contribution in [0.3, 0.4) is 0 Å². The summed E-state index contributed by atoms with van der Waals surface area (Å²) in [5.41, 5.74) is 0.807. The normalized spacial score (nSPS) is 10.4. The molecule has 0 aliphatic heterocycles. The Morgan fingerprint density at radius 3 is 2.38 bits per heavy atom. The predicted octanol–water partition coefficient (Wildman–Crippen LogP) is 2.18. The molecule has 0 amide bonds. The third kappa shape index (κ3) is 4.04. The molecule has 90 valence electrons. The zero-order valence-electron chi connectivity index (χ0n) is 10.2. The number of nitrogens with zero attached hydrogens (tertiary/aromatic N) is 2. The van der Waals surface area contributed by atoms with Crippen LogP contribution in [0.2, 0.25) is 0 Å². The molecule has 1 rings (SSSR count). The van der Waals surface area contributed by atoms with Crippen LogP contribution >= 0.6 is 0 Å². The molecule has 0 radical (unpaired) electrons. The SMILES string of the molecule is CCCCN(CCCC)c1cn[nH]c(=O)c1. The molecule has 0 fully saturated rings. The minimum atomic E-state index is -0.129. The Labute approximate surface area is 96.7 Å². The van der Waals surface area contributed by atoms with Crippen molar-refractivity contribution < 1.29 is 0 Å². The topological polar surface area (TPSA) is 49.0 Å². The largest absolute Gasteiger partial charge is 0.370 e. The predicted molar refractivity (Wildman–Crippen MR) is 66.9 cm³/mol. The van der Waals surface area contributed by atoms with E-state index in [1.807, 2.05) is 0 Å². The van der Waals surface area contributed by atoms with Gasteiger partial charge in [0.05, 0.1) is 11.9 Å². The van der Waals surface area contributed by atoms with E-state index in [0.29, 0.717) is 0 Å². The summed E-state index contributed by atoms with van der Waals surface area (Å²) in [7, 11) is 0. The van der Waals surface area contributed by atoms with Crippen molar-refractivity contribution >= 4 is 5.69 Å². The zero-order valence-corrected chi connectivity index (χ0v) is 10.2. The Kier molecular flexibility index (Phi) is 5.61. The Morgan fingerprint density at radius 1 is 1.25 bits per heavy atom. The maximum Gasteiger partial charge on any atom is 0.266 e. The summed E-state index contributed by atoms with van der Waals surface area (Å²) in [5, 5.41) is 6.25. The number of unbranched alkanes of at least 4 members (excludes halogenated alkanes) is 2. The number of aromatic amines is 1. The summed E-state index contributed by atoms with van der Waals surface area (Å²) < 4.78 is 0. The monoisotopic (exact) mass is 223 g/mol. The minimum absolute atomic E-state index is 0.129. The summed E-state index contributed by atoms with van der Waals surface area (Å²) in [6.45, 7) is 6.35. The van der Waals surface area contributed by atoms with Crippen molar-refractivity contribution in [3.8, 4) is 0 Å². The van der Waals surface area contributed by atoms with E-state index in [2.05, 4.69) is 28.9 Å². The number of hydrogen-bond acceptors (Lipinski definition) is 3. The summed E-state index contributed by atoms with van der Waals surface area (Å²) >= 11 is 0. The van der Waals surface area contributed by atoms with Gasteiger partial charge in [-0.2, -0.15) is 5.10 Å². The highest BCUT2D eigenvalue weighted by Gasteiger charge is 2.06. The van der Waals surface area contributed by atoms with Gasteiger partial charge in [-0.05, 0) is 12.8 Å². The maximum atomic E-state index is 11.2. The standard InChI is InChI=1S/C12H21N3O/c1-3-5-7-15(8-6-4-2)11-9-12(16)14-13-10-11/h9-10H,3-8H2,1-2H3,(H,14,16). The van der Waals surface area contributed by atoms with Gasteiger partial charge in [0.2, 0.25) is 0 Å². The number of hydrogen-bond donors (Lipinski definition) is 1. The van der Waals surface area contributed by atoms with Gasteiger partial charge < -0.3 is 4.90 Å². The Bertz CT molecular complexity index is 340. The molecule has 1 aromatic heterocycles. The van der Waals surface area contributed by atoms with E-state index in [-0.39, 0.29) is 5.56 Å². The fourth-order valence-electron chi connectivity index (χ4n) is 1.61. The van der Waals surface area contributed by atoms with Crippen molar-refractivity contribution in [2.24, 2.45) is 0 Å². The molecule has 4 heteroatoms. The van der Waals surface area contributed by atoms with Crippen LogP contribution in [0.4, 0.5) is 5.69 Å². The fourth-order valence-corrected chi connectivity index (χ4v) is 1.61. The molecule has 0 atom stereocenters. The van der Waals surface area contributed by atoms with Gasteiger partial charge in [0.15, 0.2) is 0 Å². The summed E-state index contributed by atoms with van der Waals surface area (Å²) in [6, 6.07) is 1.62. The number of aromatic nitrogens is 2. The molecular weight excluding hydrogens is 202 g/mol. The van der Waals surface area contributed by atoms with Crippen molar-refractivity contribution in [1.29, 1.82) is 0 Å². The van der Waals surface area contributed by atoms with Crippen LogP contribution in [0.1, 0.15) is 39.5 Å². The number of rotatable bonds is 7. The molecule has 1 heterocycles. The molecule has 0 bridgehead atoms. The van der Waals surface area contributed by atoms with Crippen molar-refractivity contribution in [1.82, 2.24) is 10.2 Å². The number of anilines is 1. The van der Waals surface area contributed by atoms with E-state index in [4.69, 9.17) is 0 Å². The van der Waals surface area contributed by atoms with Gasteiger partial charge in [-0.1, -0.05) is 26.7 Å². The van der Waals surface area contributed by atoms with Crippen LogP contribution in [0.15, 0.2) is 17.1 Å². The summed E-state index contributed by atoms with van der Waals surface area (Å²) in [4.78, 5) is 13.4. The summed E-state index contributed by atoms with van der Waals surface area (Å²) in [6.07, 6.45) is 6.36. The third-order valence-corrected chi connectivity index (χ3v) is 2.58. The van der Waals surface area contributed by atoms with Crippen LogP contribution in [0.5, 0.6) is 0 Å². The third-order valence-electron chi connectivity index (χ3n) is 2.58. The highest BCUT2D eigenvalue weighted by atomic mass is 16.1. The van der Waals surface area contributed by atoms with Crippen LogP contribution in [0, 0.1) is 0 Å². The molecule has 0 saturated carbocycles. The second kappa shape index (κ2) is 7.04. The average Bonchev–Trinajstić information content (AvgIpc) is 2.29. The Balaban J connectivity index is 2.70. The molecule has 1 aromatic rings. The lowest BCUT2D eigenvalue weighted by atomic mass is 10.2. The zero-order chi connectivity index (χ0) is 11.8. The average molecular weight is 223 g/mol. The number of H-pyrrole nitrogens is 1. The first-order chi connectivity index (χ1) is 7.77. The molecule has 0 unspecified atom stereocenters. The summed E-state index contributed by atoms with van der Waals surface area (Å²) in [5.74, 6) is 0. The van der Waals surface area contributed by atoms with Gasteiger partial charge in [0.25, 0.3) is 5.56 Å². The molecule has 0 aliphatic rings. The number of nitrogens with one attached hydrogen (secondary N) is 1. The van der Waals surface area contributed by atoms with Crippen molar-refractivity contribution in [3.63, 3.8) is 0 Å². The van der Waals surface area contributed by atoms with Gasteiger partial charge in [0.1, 0.15) is 0 Å². The van der Waals surface area contributed by atoms with Gasteiger partial charge in [0, 0.05) is 19.2 Å². The molecule has 0 aliphatic carbocycles. The Hall–Kier alpha value is -1.32. The Morgan fingerprint density at radius 2 is 1.88 bits per heavy atom. The first-order valence-electron chi connectivity index (χ1n) is 6.07. The van der Waals surface area contributed by atoms with Crippen molar-refractivity contribution in [2.75, 3.05) is 18.0 Å². The van der Waals surface area contributed by atoms with E-state index in [0.717, 1.165) is 31.6 Å². The highest BCUT2D eigenvalue weighted by Crippen LogP contribution is 2.11. The minimum Gasteiger partial charge on any atom is -0.370 e. The first kappa shape index (κ1) is 12.7. The van der Waals surface area contributed by atoms with Crippen LogP contribution in [0.25, 0.3) is 0 Å². The van der Waals surface area contributed by atoms with E-state index in [1.165, 1.54) is 12.8 Å². The smallest absolute Gasteiger partial charge is 0.266 e. The highest BCUT2D eigenvalue weighted by molar-refractivity contribution is 5.42. The first-order valence-corrected chi connectivity index (χ1v) is 6.07. The lowest BCUT2D eigenvalue weighted by Gasteiger charge is -2.23. The molecule has 0 saturated heterocycles. The fraction of sp³-hybridized carbons (Fsp3) is 0.667. The molecule has 0 spiro atoms.